The first-order chi connectivity index (χ1) is 7.59. The minimum Gasteiger partial charge on any atom is -0.367 e. The molecule has 0 aliphatic rings. The maximum absolute atomic E-state index is 12.4. The number of hydrogen-bond acceptors (Lipinski definition) is 3. The number of rotatable bonds is 6. The van der Waals surface area contributed by atoms with Crippen LogP contribution in [0.1, 0.15) is 48.2 Å². The molecule has 0 spiro atoms. The summed E-state index contributed by atoms with van der Waals surface area (Å²) in [5.74, 6) is 0.137. The summed E-state index contributed by atoms with van der Waals surface area (Å²) in [6.45, 7) is 8.56. The van der Waals surface area contributed by atoms with Crippen LogP contribution in [0.5, 0.6) is 0 Å². The van der Waals surface area contributed by atoms with E-state index in [1.54, 1.807) is 11.3 Å². The third-order valence-corrected chi connectivity index (χ3v) is 3.94. The van der Waals surface area contributed by atoms with E-state index in [9.17, 15) is 4.79 Å². The molecule has 0 aliphatic carbocycles. The molecule has 0 N–H and O–H groups in total. The van der Waals surface area contributed by atoms with Crippen molar-refractivity contribution in [2.75, 3.05) is 6.61 Å². The van der Waals surface area contributed by atoms with Gasteiger partial charge in [0, 0.05) is 11.5 Å². The zero-order chi connectivity index (χ0) is 12.2. The third kappa shape index (κ3) is 2.53. The van der Waals surface area contributed by atoms with Gasteiger partial charge >= 0.3 is 0 Å². The van der Waals surface area contributed by atoms with E-state index >= 15 is 0 Å². The summed E-state index contributed by atoms with van der Waals surface area (Å²) in [5.41, 5.74) is -0.619. The number of aryl methyl sites for hydroxylation is 1. The molecular formula is C13H20O2S. The minimum atomic E-state index is -0.619. The van der Waals surface area contributed by atoms with Crippen molar-refractivity contribution < 1.29 is 9.53 Å². The fourth-order valence-electron chi connectivity index (χ4n) is 1.90. The van der Waals surface area contributed by atoms with Crippen LogP contribution < -0.4 is 0 Å². The second-order valence-electron chi connectivity index (χ2n) is 3.87. The molecule has 1 heterocycles. The Morgan fingerprint density at radius 1 is 1.31 bits per heavy atom. The van der Waals surface area contributed by atoms with E-state index < -0.39 is 5.60 Å². The fraction of sp³-hybridized carbons (Fsp3) is 0.615. The Kier molecular flexibility index (Phi) is 4.69. The monoisotopic (exact) mass is 240 g/mol. The van der Waals surface area contributed by atoms with Crippen molar-refractivity contribution in [2.45, 2.75) is 46.1 Å². The first kappa shape index (κ1) is 13.4. The molecule has 1 rings (SSSR count). The fourth-order valence-corrected chi connectivity index (χ4v) is 2.80. The van der Waals surface area contributed by atoms with Gasteiger partial charge < -0.3 is 4.74 Å². The van der Waals surface area contributed by atoms with Crippen LogP contribution in [0.3, 0.4) is 0 Å². The average Bonchev–Trinajstić information content (AvgIpc) is 2.72. The van der Waals surface area contributed by atoms with E-state index in [1.165, 1.54) is 4.88 Å². The van der Waals surface area contributed by atoms with Crippen LogP contribution in [-0.2, 0) is 4.74 Å². The normalized spacial score (nSPS) is 11.8. The predicted molar refractivity (Wildman–Crippen MR) is 68.3 cm³/mol. The molecule has 0 fully saturated rings. The van der Waals surface area contributed by atoms with Gasteiger partial charge in [0.05, 0.1) is 4.88 Å². The number of thiophene rings is 1. The van der Waals surface area contributed by atoms with Crippen LogP contribution in [0.2, 0.25) is 0 Å². The maximum atomic E-state index is 12.4. The largest absolute Gasteiger partial charge is 0.367 e. The van der Waals surface area contributed by atoms with Gasteiger partial charge in [0.2, 0.25) is 5.78 Å². The molecule has 0 aliphatic heterocycles. The molecule has 0 saturated carbocycles. The number of hydrogen-bond donors (Lipinski definition) is 0. The highest BCUT2D eigenvalue weighted by atomic mass is 32.1. The lowest BCUT2D eigenvalue weighted by molar-refractivity contribution is -0.0247. The van der Waals surface area contributed by atoms with E-state index in [1.807, 2.05) is 39.8 Å². The molecule has 16 heavy (non-hydrogen) atoms. The standard InChI is InChI=1S/C13H20O2S/c1-5-13(6-2,15-7-3)12(14)11-9-8-10(4)16-11/h8-9H,5-7H2,1-4H3. The van der Waals surface area contributed by atoms with E-state index in [2.05, 4.69) is 0 Å². The topological polar surface area (TPSA) is 26.3 Å². The Hall–Kier alpha value is -0.670. The first-order valence-corrected chi connectivity index (χ1v) is 6.66. The van der Waals surface area contributed by atoms with Gasteiger partial charge in [-0.05, 0) is 38.8 Å². The second kappa shape index (κ2) is 5.60. The summed E-state index contributed by atoms with van der Waals surface area (Å²) in [6, 6.07) is 3.89. The zero-order valence-corrected chi connectivity index (χ0v) is 11.3. The van der Waals surface area contributed by atoms with Crippen molar-refractivity contribution in [3.8, 4) is 0 Å². The number of carbonyl (C=O) groups excluding carboxylic acids is 1. The van der Waals surface area contributed by atoms with E-state index in [-0.39, 0.29) is 5.78 Å². The van der Waals surface area contributed by atoms with Crippen LogP contribution in [-0.4, -0.2) is 18.0 Å². The molecule has 3 heteroatoms. The molecule has 0 unspecified atom stereocenters. The highest BCUT2D eigenvalue weighted by Crippen LogP contribution is 2.28. The maximum Gasteiger partial charge on any atom is 0.204 e. The molecule has 2 nitrogen and oxygen atoms in total. The van der Waals surface area contributed by atoms with Gasteiger partial charge in [0.15, 0.2) is 0 Å². The number of Topliss-reactive ketones (excluding diaryl/α,β-unsaturated/α-hetero) is 1. The van der Waals surface area contributed by atoms with Crippen LogP contribution in [0, 0.1) is 6.92 Å². The Labute approximate surface area is 102 Å². The van der Waals surface area contributed by atoms with Gasteiger partial charge in [0.25, 0.3) is 0 Å². The molecule has 90 valence electrons. The van der Waals surface area contributed by atoms with Crippen molar-refractivity contribution >= 4 is 17.1 Å². The number of ketones is 1. The van der Waals surface area contributed by atoms with Crippen molar-refractivity contribution in [3.05, 3.63) is 21.9 Å². The summed E-state index contributed by atoms with van der Waals surface area (Å²) in [6.07, 6.45) is 1.46. The second-order valence-corrected chi connectivity index (χ2v) is 5.16. The Balaban J connectivity index is 2.99. The van der Waals surface area contributed by atoms with E-state index in [4.69, 9.17) is 4.74 Å². The quantitative estimate of drug-likeness (QED) is 0.706. The molecular weight excluding hydrogens is 220 g/mol. The number of carbonyl (C=O) groups is 1. The molecule has 0 radical (unpaired) electrons. The molecule has 0 amide bonds. The van der Waals surface area contributed by atoms with Crippen LogP contribution in [0.4, 0.5) is 0 Å². The van der Waals surface area contributed by atoms with E-state index in [0.29, 0.717) is 6.61 Å². The molecule has 0 aromatic carbocycles. The van der Waals surface area contributed by atoms with Crippen LogP contribution in [0.15, 0.2) is 12.1 Å². The summed E-state index contributed by atoms with van der Waals surface area (Å²) in [5, 5.41) is 0. The molecule has 0 bridgehead atoms. The zero-order valence-electron chi connectivity index (χ0n) is 10.5. The van der Waals surface area contributed by atoms with Crippen LogP contribution in [0.25, 0.3) is 0 Å². The molecule has 0 atom stereocenters. The Morgan fingerprint density at radius 2 is 1.94 bits per heavy atom. The van der Waals surface area contributed by atoms with Gasteiger partial charge in [0.1, 0.15) is 5.60 Å². The van der Waals surface area contributed by atoms with E-state index in [0.717, 1.165) is 17.7 Å². The average molecular weight is 240 g/mol. The van der Waals surface area contributed by atoms with Crippen molar-refractivity contribution in [3.63, 3.8) is 0 Å². The summed E-state index contributed by atoms with van der Waals surface area (Å²) < 4.78 is 5.71. The van der Waals surface area contributed by atoms with Crippen molar-refractivity contribution in [2.24, 2.45) is 0 Å². The Morgan fingerprint density at radius 3 is 2.31 bits per heavy atom. The summed E-state index contributed by atoms with van der Waals surface area (Å²) in [7, 11) is 0. The highest BCUT2D eigenvalue weighted by Gasteiger charge is 2.36. The third-order valence-electron chi connectivity index (χ3n) is 2.94. The smallest absolute Gasteiger partial charge is 0.204 e. The van der Waals surface area contributed by atoms with Gasteiger partial charge in [-0.2, -0.15) is 0 Å². The SMILES string of the molecule is CCOC(CC)(CC)C(=O)c1ccc(C)s1. The van der Waals surface area contributed by atoms with Crippen LogP contribution >= 0.6 is 11.3 Å². The lowest BCUT2D eigenvalue weighted by Gasteiger charge is -2.29. The number of ether oxygens (including phenoxy) is 1. The van der Waals surface area contributed by atoms with Gasteiger partial charge in [-0.1, -0.05) is 13.8 Å². The highest BCUT2D eigenvalue weighted by molar-refractivity contribution is 7.14. The minimum absolute atomic E-state index is 0.137. The van der Waals surface area contributed by atoms with Crippen molar-refractivity contribution in [1.82, 2.24) is 0 Å². The predicted octanol–water partition coefficient (Wildman–Crippen LogP) is 3.83. The first-order valence-electron chi connectivity index (χ1n) is 5.84. The molecule has 1 aromatic rings. The molecule has 1 aromatic heterocycles. The lowest BCUT2D eigenvalue weighted by Crippen LogP contribution is -2.40. The lowest BCUT2D eigenvalue weighted by atomic mass is 9.91. The van der Waals surface area contributed by atoms with Crippen molar-refractivity contribution in [1.29, 1.82) is 0 Å². The van der Waals surface area contributed by atoms with Gasteiger partial charge in [-0.15, -0.1) is 11.3 Å². The summed E-state index contributed by atoms with van der Waals surface area (Å²) in [4.78, 5) is 14.4. The Bertz CT molecular complexity index is 351. The summed E-state index contributed by atoms with van der Waals surface area (Å²) >= 11 is 1.55. The van der Waals surface area contributed by atoms with Gasteiger partial charge in [-0.25, -0.2) is 0 Å². The van der Waals surface area contributed by atoms with Gasteiger partial charge in [-0.3, -0.25) is 4.79 Å². The molecule has 0 saturated heterocycles.